The molecule has 0 amide bonds. The summed E-state index contributed by atoms with van der Waals surface area (Å²) in [6.45, 7) is 1.89. The molecule has 0 aliphatic carbocycles. The lowest BCUT2D eigenvalue weighted by molar-refractivity contribution is 0.601. The molecule has 0 atom stereocenters. The lowest BCUT2D eigenvalue weighted by Gasteiger charge is -2.11. The van der Waals surface area contributed by atoms with Crippen LogP contribution in [0.1, 0.15) is 5.56 Å². The number of rotatable bonds is 3. The topological polar surface area (TPSA) is 73.1 Å². The van der Waals surface area contributed by atoms with Crippen molar-refractivity contribution in [3.8, 4) is 0 Å². The molecule has 3 aromatic rings. The summed E-state index contributed by atoms with van der Waals surface area (Å²) in [5.41, 5.74) is 2.55. The molecule has 0 saturated carbocycles. The Hall–Kier alpha value is -2.06. The first-order valence-corrected chi connectivity index (χ1v) is 9.43. The van der Waals surface area contributed by atoms with Gasteiger partial charge in [-0.25, -0.2) is 13.2 Å². The molecule has 0 unspecified atom stereocenters. The Bertz CT molecular complexity index is 1100. The molecule has 3 rings (SSSR count). The second-order valence-corrected chi connectivity index (χ2v) is 8.18. The second-order valence-electron chi connectivity index (χ2n) is 5.64. The fourth-order valence-corrected chi connectivity index (χ4v) is 4.15. The van der Waals surface area contributed by atoms with E-state index in [1.807, 2.05) is 6.92 Å². The van der Waals surface area contributed by atoms with Gasteiger partial charge in [-0.2, -0.15) is 0 Å². The molecule has 0 saturated heterocycles. The predicted octanol–water partition coefficient (Wildman–Crippen LogP) is 2.75. The average Bonchev–Trinajstić information content (AvgIpc) is 2.73. The molecular weight excluding hydrogens is 394 g/mol. The Morgan fingerprint density at radius 1 is 1.00 bits per heavy atom. The molecule has 24 heavy (non-hydrogen) atoms. The van der Waals surface area contributed by atoms with Gasteiger partial charge in [0.2, 0.25) is 0 Å². The molecule has 1 N–H and O–H groups in total. The van der Waals surface area contributed by atoms with Gasteiger partial charge in [-0.15, -0.1) is 0 Å². The Kier molecular flexibility index (Phi) is 4.05. The maximum atomic E-state index is 12.6. The zero-order valence-electron chi connectivity index (χ0n) is 13.4. The number of aromatic nitrogens is 2. The van der Waals surface area contributed by atoms with E-state index in [1.54, 1.807) is 50.5 Å². The van der Waals surface area contributed by atoms with Gasteiger partial charge < -0.3 is 0 Å². The van der Waals surface area contributed by atoms with Crippen molar-refractivity contribution in [3.05, 3.63) is 56.9 Å². The van der Waals surface area contributed by atoms with Crippen molar-refractivity contribution in [2.24, 2.45) is 14.1 Å². The maximum Gasteiger partial charge on any atom is 0.328 e. The largest absolute Gasteiger partial charge is 0.328 e. The molecule has 0 spiro atoms. The lowest BCUT2D eigenvalue weighted by Crippen LogP contribution is -2.19. The number of nitrogens with zero attached hydrogens (tertiary/aromatic N) is 2. The van der Waals surface area contributed by atoms with Crippen molar-refractivity contribution in [2.75, 3.05) is 4.72 Å². The summed E-state index contributed by atoms with van der Waals surface area (Å²) < 4.78 is 31.2. The number of benzene rings is 2. The zero-order chi connectivity index (χ0) is 17.6. The number of hydrogen-bond acceptors (Lipinski definition) is 3. The fourth-order valence-electron chi connectivity index (χ4n) is 2.52. The highest BCUT2D eigenvalue weighted by Crippen LogP contribution is 2.29. The van der Waals surface area contributed by atoms with E-state index in [0.29, 0.717) is 21.2 Å². The normalized spacial score (nSPS) is 11.8. The molecule has 126 valence electrons. The van der Waals surface area contributed by atoms with Crippen molar-refractivity contribution in [1.82, 2.24) is 9.13 Å². The van der Waals surface area contributed by atoms with Gasteiger partial charge in [0.1, 0.15) is 0 Å². The van der Waals surface area contributed by atoms with Gasteiger partial charge in [0.25, 0.3) is 10.0 Å². The van der Waals surface area contributed by atoms with Crippen LogP contribution in [0.2, 0.25) is 0 Å². The fraction of sp³-hybridized carbons (Fsp3) is 0.188. The molecule has 0 aliphatic rings. The number of aryl methyl sites for hydroxylation is 3. The van der Waals surface area contributed by atoms with Gasteiger partial charge in [-0.1, -0.05) is 17.7 Å². The number of nitrogens with one attached hydrogen (secondary N) is 1. The Morgan fingerprint density at radius 2 is 1.54 bits per heavy atom. The summed E-state index contributed by atoms with van der Waals surface area (Å²) in [6, 6.07) is 9.97. The number of fused-ring (bicyclic) bond motifs is 1. The van der Waals surface area contributed by atoms with Crippen molar-refractivity contribution < 1.29 is 8.42 Å². The van der Waals surface area contributed by atoms with Gasteiger partial charge in [-0.05, 0) is 47.1 Å². The number of hydrogen-bond donors (Lipinski definition) is 1. The van der Waals surface area contributed by atoms with Crippen LogP contribution in [0.25, 0.3) is 11.0 Å². The summed E-state index contributed by atoms with van der Waals surface area (Å²) in [7, 11) is -0.388. The molecular formula is C16H16BrN3O3S. The second kappa shape index (κ2) is 5.78. The van der Waals surface area contributed by atoms with Crippen LogP contribution in [-0.2, 0) is 24.1 Å². The minimum Gasteiger partial charge on any atom is -0.295 e. The molecule has 0 fully saturated rings. The predicted molar refractivity (Wildman–Crippen MR) is 97.8 cm³/mol. The van der Waals surface area contributed by atoms with E-state index >= 15 is 0 Å². The van der Waals surface area contributed by atoms with Crippen molar-refractivity contribution in [2.45, 2.75) is 11.8 Å². The summed E-state index contributed by atoms with van der Waals surface area (Å²) in [6.07, 6.45) is 0. The van der Waals surface area contributed by atoms with Gasteiger partial charge in [0, 0.05) is 18.6 Å². The van der Waals surface area contributed by atoms with Crippen LogP contribution in [0.5, 0.6) is 0 Å². The average molecular weight is 410 g/mol. The molecule has 8 heteroatoms. The van der Waals surface area contributed by atoms with E-state index in [-0.39, 0.29) is 10.6 Å². The third-order valence-corrected chi connectivity index (χ3v) is 5.97. The summed E-state index contributed by atoms with van der Waals surface area (Å²) in [5.74, 6) is 0. The molecule has 2 aromatic carbocycles. The van der Waals surface area contributed by atoms with E-state index in [9.17, 15) is 13.2 Å². The number of imidazole rings is 1. The van der Waals surface area contributed by atoms with Gasteiger partial charge >= 0.3 is 5.69 Å². The van der Waals surface area contributed by atoms with Crippen molar-refractivity contribution in [1.29, 1.82) is 0 Å². The van der Waals surface area contributed by atoms with Gasteiger partial charge in [0.05, 0.1) is 21.6 Å². The first-order chi connectivity index (χ1) is 11.2. The Morgan fingerprint density at radius 3 is 2.12 bits per heavy atom. The highest BCUT2D eigenvalue weighted by Gasteiger charge is 2.18. The van der Waals surface area contributed by atoms with E-state index in [0.717, 1.165) is 5.56 Å². The minimum absolute atomic E-state index is 0.171. The SMILES string of the molecule is Cc1ccc(S(=O)(=O)Nc2cc3c(cc2Br)n(C)c(=O)n3C)cc1. The summed E-state index contributed by atoms with van der Waals surface area (Å²) >= 11 is 3.37. The summed E-state index contributed by atoms with van der Waals surface area (Å²) in [4.78, 5) is 12.2. The lowest BCUT2D eigenvalue weighted by atomic mass is 10.2. The van der Waals surface area contributed by atoms with E-state index < -0.39 is 10.0 Å². The van der Waals surface area contributed by atoms with Crippen LogP contribution in [0.4, 0.5) is 5.69 Å². The smallest absolute Gasteiger partial charge is 0.295 e. The summed E-state index contributed by atoms with van der Waals surface area (Å²) in [5, 5.41) is 0. The number of halogens is 1. The third kappa shape index (κ3) is 2.76. The van der Waals surface area contributed by atoms with E-state index in [1.165, 1.54) is 9.13 Å². The van der Waals surface area contributed by atoms with E-state index in [4.69, 9.17) is 0 Å². The molecule has 1 heterocycles. The highest BCUT2D eigenvalue weighted by atomic mass is 79.9. The van der Waals surface area contributed by atoms with Gasteiger partial charge in [0.15, 0.2) is 0 Å². The molecule has 6 nitrogen and oxygen atoms in total. The molecule has 0 bridgehead atoms. The quantitative estimate of drug-likeness (QED) is 0.722. The first-order valence-electron chi connectivity index (χ1n) is 7.15. The van der Waals surface area contributed by atoms with Crippen LogP contribution in [0, 0.1) is 6.92 Å². The monoisotopic (exact) mass is 409 g/mol. The van der Waals surface area contributed by atoms with Crippen LogP contribution < -0.4 is 10.4 Å². The third-order valence-electron chi connectivity index (χ3n) is 3.94. The standard InChI is InChI=1S/C16H16BrN3O3S/c1-10-4-6-11(7-5-10)24(22,23)18-13-9-15-14(8-12(13)17)19(2)16(21)20(15)3/h4-9,18H,1-3H3. The highest BCUT2D eigenvalue weighted by molar-refractivity contribution is 9.10. The first kappa shape index (κ1) is 16.8. The van der Waals surface area contributed by atoms with Gasteiger partial charge in [-0.3, -0.25) is 13.9 Å². The van der Waals surface area contributed by atoms with E-state index in [2.05, 4.69) is 20.7 Å². The number of sulfonamides is 1. The molecule has 0 aliphatic heterocycles. The van der Waals surface area contributed by atoms with Crippen molar-refractivity contribution in [3.63, 3.8) is 0 Å². The number of anilines is 1. The Labute approximate surface area is 147 Å². The molecule has 1 aromatic heterocycles. The van der Waals surface area contributed by atoms with Crippen molar-refractivity contribution >= 4 is 42.7 Å². The minimum atomic E-state index is -3.71. The maximum absolute atomic E-state index is 12.6. The zero-order valence-corrected chi connectivity index (χ0v) is 15.8. The van der Waals surface area contributed by atoms with Crippen LogP contribution in [0.15, 0.2) is 50.6 Å². The molecule has 0 radical (unpaired) electrons. The van der Waals surface area contributed by atoms with Crippen LogP contribution in [0.3, 0.4) is 0 Å². The van der Waals surface area contributed by atoms with Crippen LogP contribution >= 0.6 is 15.9 Å². The van der Waals surface area contributed by atoms with Crippen LogP contribution in [-0.4, -0.2) is 17.6 Å². The Balaban J connectivity index is 2.10.